The number of nitrogens with zero attached hydrogens (tertiary/aromatic N) is 2. The van der Waals surface area contributed by atoms with Crippen molar-refractivity contribution in [2.75, 3.05) is 13.7 Å². The minimum absolute atomic E-state index is 0.00338. The van der Waals surface area contributed by atoms with Crippen LogP contribution in [0.25, 0.3) is 0 Å². The van der Waals surface area contributed by atoms with Crippen LogP contribution in [-0.4, -0.2) is 29.0 Å². The summed E-state index contributed by atoms with van der Waals surface area (Å²) in [5.41, 5.74) is 0.739. The molecule has 0 unspecified atom stereocenters. The average molecular weight is 316 g/mol. The zero-order valence-corrected chi connectivity index (χ0v) is 13.3. The second kappa shape index (κ2) is 6.32. The molecule has 2 aromatic rings. The van der Waals surface area contributed by atoms with Gasteiger partial charge in [0.25, 0.3) is 5.91 Å². The molecule has 6 heteroatoms. The summed E-state index contributed by atoms with van der Waals surface area (Å²) in [6, 6.07) is 5.21. The number of carbonyl (C=O) groups excluding carboxylic acids is 1. The largest absolute Gasteiger partial charge is 0.490 e. The number of likely N-dealkylation sites (tertiary alicyclic amines) is 1. The number of carbonyl (C=O) groups is 1. The molecule has 0 spiro atoms. The monoisotopic (exact) mass is 316 g/mol. The molecule has 1 aliphatic rings. The van der Waals surface area contributed by atoms with Gasteiger partial charge >= 0.3 is 0 Å². The van der Waals surface area contributed by atoms with Crippen molar-refractivity contribution >= 4 is 5.91 Å². The van der Waals surface area contributed by atoms with Gasteiger partial charge in [-0.2, -0.15) is 0 Å². The predicted molar refractivity (Wildman–Crippen MR) is 84.6 cm³/mol. The normalized spacial score (nSPS) is 18.0. The third-order valence-electron chi connectivity index (χ3n) is 4.32. The van der Waals surface area contributed by atoms with Crippen molar-refractivity contribution in [2.24, 2.45) is 7.05 Å². The molecule has 6 nitrogen and oxygen atoms in total. The second-order valence-electron chi connectivity index (χ2n) is 5.73. The molecule has 1 amide bonds. The van der Waals surface area contributed by atoms with Gasteiger partial charge in [0.1, 0.15) is 6.26 Å². The van der Waals surface area contributed by atoms with Crippen LogP contribution in [0.4, 0.5) is 0 Å². The van der Waals surface area contributed by atoms with Crippen LogP contribution in [-0.2, 0) is 7.05 Å². The summed E-state index contributed by atoms with van der Waals surface area (Å²) in [5, 5.41) is 0. The van der Waals surface area contributed by atoms with E-state index in [-0.39, 0.29) is 28.9 Å². The lowest BCUT2D eigenvalue weighted by molar-refractivity contribution is 0.0566. The van der Waals surface area contributed by atoms with Crippen molar-refractivity contribution in [3.63, 3.8) is 0 Å². The Morgan fingerprint density at radius 3 is 2.87 bits per heavy atom. The summed E-state index contributed by atoms with van der Waals surface area (Å²) in [7, 11) is 3.36. The Morgan fingerprint density at radius 1 is 1.39 bits per heavy atom. The molecule has 3 rings (SSSR count). The summed E-state index contributed by atoms with van der Waals surface area (Å²) in [6.45, 7) is 0.657. The maximum absolute atomic E-state index is 12.8. The van der Waals surface area contributed by atoms with Gasteiger partial charge in [0.15, 0.2) is 5.76 Å². The van der Waals surface area contributed by atoms with Crippen molar-refractivity contribution < 1.29 is 13.9 Å². The highest BCUT2D eigenvalue weighted by Gasteiger charge is 2.31. The van der Waals surface area contributed by atoms with Crippen LogP contribution in [0.3, 0.4) is 0 Å². The molecule has 1 atom stereocenters. The third kappa shape index (κ3) is 2.88. The molecular weight excluding hydrogens is 296 g/mol. The zero-order valence-electron chi connectivity index (χ0n) is 13.3. The fraction of sp³-hybridized carbons (Fsp3) is 0.412. The summed E-state index contributed by atoms with van der Waals surface area (Å²) >= 11 is 0. The number of amides is 1. The van der Waals surface area contributed by atoms with E-state index in [2.05, 4.69) is 0 Å². The number of ether oxygens (including phenoxy) is 1. The van der Waals surface area contributed by atoms with E-state index in [1.54, 1.807) is 4.90 Å². The van der Waals surface area contributed by atoms with E-state index in [0.717, 1.165) is 25.0 Å². The number of methoxy groups -OCH3 is 1. The van der Waals surface area contributed by atoms with E-state index < -0.39 is 0 Å². The lowest BCUT2D eigenvalue weighted by atomic mass is 9.99. The molecular formula is C17H20N2O4. The predicted octanol–water partition coefficient (Wildman–Crippen LogP) is 2.35. The van der Waals surface area contributed by atoms with Gasteiger partial charge in [-0.3, -0.25) is 9.59 Å². The van der Waals surface area contributed by atoms with E-state index in [0.29, 0.717) is 6.54 Å². The smallest absolute Gasteiger partial charge is 0.290 e. The maximum atomic E-state index is 12.8. The minimum Gasteiger partial charge on any atom is -0.490 e. The molecule has 0 aliphatic carbocycles. The van der Waals surface area contributed by atoms with Crippen molar-refractivity contribution in [1.29, 1.82) is 0 Å². The van der Waals surface area contributed by atoms with Crippen molar-refractivity contribution in [1.82, 2.24) is 9.47 Å². The molecule has 1 fully saturated rings. The average Bonchev–Trinajstić information content (AvgIpc) is 3.00. The van der Waals surface area contributed by atoms with Gasteiger partial charge in [0, 0.05) is 31.5 Å². The molecule has 122 valence electrons. The summed E-state index contributed by atoms with van der Waals surface area (Å²) < 4.78 is 12.2. The van der Waals surface area contributed by atoms with Crippen LogP contribution in [0, 0.1) is 0 Å². The molecule has 23 heavy (non-hydrogen) atoms. The highest BCUT2D eigenvalue weighted by atomic mass is 16.5. The molecule has 0 bridgehead atoms. The highest BCUT2D eigenvalue weighted by molar-refractivity contribution is 5.91. The molecule has 1 aliphatic heterocycles. The standard InChI is InChI=1S/C17H20N2O4/c1-18-8-5-7-12(18)13-6-3-4-9-19(13)17(21)15-10-14(20)16(22-2)11-23-15/h5,7-8,10-11,13H,3-4,6,9H2,1-2H3/t13-/m0/s1. The molecule has 3 heterocycles. The van der Waals surface area contributed by atoms with Gasteiger partial charge in [0.05, 0.1) is 13.2 Å². The van der Waals surface area contributed by atoms with Crippen molar-refractivity contribution in [3.05, 3.63) is 52.3 Å². The Morgan fingerprint density at radius 2 is 2.22 bits per heavy atom. The fourth-order valence-electron chi connectivity index (χ4n) is 3.10. The van der Waals surface area contributed by atoms with Crippen molar-refractivity contribution in [3.8, 4) is 5.75 Å². The van der Waals surface area contributed by atoms with Gasteiger partial charge < -0.3 is 18.6 Å². The van der Waals surface area contributed by atoms with Crippen molar-refractivity contribution in [2.45, 2.75) is 25.3 Å². The zero-order chi connectivity index (χ0) is 16.4. The Balaban J connectivity index is 1.91. The minimum atomic E-state index is -0.352. The van der Waals surface area contributed by atoms with Crippen LogP contribution >= 0.6 is 0 Å². The first kappa shape index (κ1) is 15.4. The van der Waals surface area contributed by atoms with E-state index in [4.69, 9.17) is 9.15 Å². The van der Waals surface area contributed by atoms with Gasteiger partial charge in [-0.1, -0.05) is 0 Å². The van der Waals surface area contributed by atoms with Crippen LogP contribution < -0.4 is 10.2 Å². The second-order valence-corrected chi connectivity index (χ2v) is 5.73. The molecule has 1 saturated heterocycles. The Kier molecular flexibility index (Phi) is 4.23. The summed E-state index contributed by atoms with van der Waals surface area (Å²) in [4.78, 5) is 26.5. The SMILES string of the molecule is COc1coc(C(=O)N2CCCC[C@H]2c2cccn2C)cc1=O. The van der Waals surface area contributed by atoms with Crippen LogP contribution in [0.5, 0.6) is 5.75 Å². The summed E-state index contributed by atoms with van der Waals surface area (Å²) in [6.07, 6.45) is 6.10. The Bertz CT molecular complexity index is 762. The van der Waals surface area contributed by atoms with Crippen LogP contribution in [0.15, 0.2) is 39.9 Å². The maximum Gasteiger partial charge on any atom is 0.290 e. The van der Waals surface area contributed by atoms with E-state index >= 15 is 0 Å². The topological polar surface area (TPSA) is 64.7 Å². The van der Waals surface area contributed by atoms with Gasteiger partial charge in [-0.15, -0.1) is 0 Å². The first-order valence-electron chi connectivity index (χ1n) is 7.71. The Hall–Kier alpha value is -2.50. The Labute approximate surface area is 134 Å². The quantitative estimate of drug-likeness (QED) is 0.872. The van der Waals surface area contributed by atoms with Crippen LogP contribution in [0.1, 0.15) is 41.6 Å². The third-order valence-corrected chi connectivity index (χ3v) is 4.32. The summed E-state index contributed by atoms with van der Waals surface area (Å²) in [5.74, 6) is -0.105. The molecule has 0 saturated carbocycles. The number of aryl methyl sites for hydroxylation is 1. The lowest BCUT2D eigenvalue weighted by Gasteiger charge is -2.35. The highest BCUT2D eigenvalue weighted by Crippen LogP contribution is 2.32. The molecule has 0 N–H and O–H groups in total. The molecule has 2 aromatic heterocycles. The van der Waals surface area contributed by atoms with Gasteiger partial charge in [0.2, 0.25) is 11.2 Å². The number of hydrogen-bond acceptors (Lipinski definition) is 4. The first-order valence-corrected chi connectivity index (χ1v) is 7.71. The number of hydrogen-bond donors (Lipinski definition) is 0. The van der Waals surface area contributed by atoms with E-state index in [1.807, 2.05) is 29.9 Å². The number of piperidine rings is 1. The number of aromatic nitrogens is 1. The van der Waals surface area contributed by atoms with Gasteiger partial charge in [-0.25, -0.2) is 0 Å². The first-order chi connectivity index (χ1) is 11.1. The molecule has 0 aromatic carbocycles. The molecule has 0 radical (unpaired) electrons. The van der Waals surface area contributed by atoms with Crippen LogP contribution in [0.2, 0.25) is 0 Å². The van der Waals surface area contributed by atoms with Gasteiger partial charge in [-0.05, 0) is 31.4 Å². The number of rotatable bonds is 3. The fourth-order valence-corrected chi connectivity index (χ4v) is 3.10. The van der Waals surface area contributed by atoms with E-state index in [1.165, 1.54) is 19.4 Å². The van der Waals surface area contributed by atoms with E-state index in [9.17, 15) is 9.59 Å². The lowest BCUT2D eigenvalue weighted by Crippen LogP contribution is -2.39.